The molecular formula is C14H21N5O. The maximum Gasteiger partial charge on any atom is 0.227 e. The monoisotopic (exact) mass is 275 g/mol. The highest BCUT2D eigenvalue weighted by Crippen LogP contribution is 2.16. The molecule has 1 N–H and O–H groups in total. The third kappa shape index (κ3) is 3.69. The largest absolute Gasteiger partial charge is 0.360 e. The number of hydrogen-bond acceptors (Lipinski definition) is 6. The molecule has 0 bridgehead atoms. The van der Waals surface area contributed by atoms with E-state index in [1.165, 1.54) is 0 Å². The maximum absolute atomic E-state index is 5.03. The van der Waals surface area contributed by atoms with Crippen LogP contribution in [-0.4, -0.2) is 28.2 Å². The van der Waals surface area contributed by atoms with Gasteiger partial charge in [-0.05, 0) is 25.8 Å². The molecule has 0 saturated heterocycles. The van der Waals surface area contributed by atoms with Gasteiger partial charge < -0.3 is 14.7 Å². The zero-order chi connectivity index (χ0) is 14.4. The molecule has 2 aromatic heterocycles. The fraction of sp³-hybridized carbons (Fsp3) is 0.500. The molecule has 108 valence electrons. The first kappa shape index (κ1) is 14.3. The third-order valence-corrected chi connectivity index (χ3v) is 2.80. The van der Waals surface area contributed by atoms with Crippen LogP contribution in [0.5, 0.6) is 0 Å². The second kappa shape index (κ2) is 6.88. The molecule has 2 aromatic rings. The van der Waals surface area contributed by atoms with Gasteiger partial charge in [-0.25, -0.2) is 4.98 Å². The quantitative estimate of drug-likeness (QED) is 0.837. The summed E-state index contributed by atoms with van der Waals surface area (Å²) < 4.78 is 5.03. The van der Waals surface area contributed by atoms with Crippen molar-refractivity contribution in [1.82, 2.24) is 15.1 Å². The average Bonchev–Trinajstić information content (AvgIpc) is 2.84. The van der Waals surface area contributed by atoms with Gasteiger partial charge in [-0.15, -0.1) is 0 Å². The van der Waals surface area contributed by atoms with Crippen molar-refractivity contribution in [1.29, 1.82) is 0 Å². The molecule has 0 spiro atoms. The summed E-state index contributed by atoms with van der Waals surface area (Å²) >= 11 is 0. The van der Waals surface area contributed by atoms with Crippen LogP contribution in [0.1, 0.15) is 32.4 Å². The van der Waals surface area contributed by atoms with Crippen molar-refractivity contribution in [3.05, 3.63) is 24.1 Å². The minimum absolute atomic E-state index is 0.657. The standard InChI is InChI=1S/C14H21N5O/c1-4-8-19(9-5-2)14-15-7-6-12(17-14)16-13-10-11(3)20-18-13/h6-7,10H,4-5,8-9H2,1-3H3,(H,15,16,17,18). The van der Waals surface area contributed by atoms with E-state index in [-0.39, 0.29) is 0 Å². The fourth-order valence-corrected chi connectivity index (χ4v) is 1.98. The highest BCUT2D eigenvalue weighted by Gasteiger charge is 2.09. The number of anilines is 3. The summed E-state index contributed by atoms with van der Waals surface area (Å²) in [6.45, 7) is 8.08. The lowest BCUT2D eigenvalue weighted by molar-refractivity contribution is 0.400. The van der Waals surface area contributed by atoms with Crippen LogP contribution in [-0.2, 0) is 0 Å². The summed E-state index contributed by atoms with van der Waals surface area (Å²) in [5.74, 6) is 2.89. The Hall–Kier alpha value is -2.11. The summed E-state index contributed by atoms with van der Waals surface area (Å²) in [6.07, 6.45) is 3.91. The molecule has 0 aliphatic rings. The predicted molar refractivity (Wildman–Crippen MR) is 79.3 cm³/mol. The summed E-state index contributed by atoms with van der Waals surface area (Å²) in [6, 6.07) is 3.65. The molecule has 0 atom stereocenters. The van der Waals surface area contributed by atoms with Gasteiger partial charge in [-0.3, -0.25) is 0 Å². The van der Waals surface area contributed by atoms with Crippen LogP contribution in [0.15, 0.2) is 22.9 Å². The van der Waals surface area contributed by atoms with E-state index < -0.39 is 0 Å². The molecule has 20 heavy (non-hydrogen) atoms. The van der Waals surface area contributed by atoms with Crippen LogP contribution in [0.4, 0.5) is 17.6 Å². The Balaban J connectivity index is 2.13. The number of rotatable bonds is 7. The van der Waals surface area contributed by atoms with Crippen LogP contribution in [0.25, 0.3) is 0 Å². The maximum atomic E-state index is 5.03. The fourth-order valence-electron chi connectivity index (χ4n) is 1.98. The first-order chi connectivity index (χ1) is 9.72. The molecule has 0 aliphatic heterocycles. The Labute approximate surface area is 119 Å². The lowest BCUT2D eigenvalue weighted by Gasteiger charge is -2.21. The Morgan fingerprint density at radius 3 is 2.55 bits per heavy atom. The number of aromatic nitrogens is 3. The van der Waals surface area contributed by atoms with Gasteiger partial charge in [0.05, 0.1) is 0 Å². The minimum Gasteiger partial charge on any atom is -0.360 e. The highest BCUT2D eigenvalue weighted by molar-refractivity contribution is 5.52. The predicted octanol–water partition coefficient (Wildman–Crippen LogP) is 3.14. The Bertz CT molecular complexity index is 534. The molecule has 0 fully saturated rings. The molecule has 2 heterocycles. The summed E-state index contributed by atoms with van der Waals surface area (Å²) in [4.78, 5) is 11.1. The van der Waals surface area contributed by atoms with Gasteiger partial charge in [0.2, 0.25) is 5.95 Å². The lowest BCUT2D eigenvalue weighted by Crippen LogP contribution is -2.27. The minimum atomic E-state index is 0.657. The van der Waals surface area contributed by atoms with Crippen molar-refractivity contribution in [2.45, 2.75) is 33.6 Å². The molecule has 0 amide bonds. The Kier molecular flexibility index (Phi) is 4.92. The van der Waals surface area contributed by atoms with Gasteiger partial charge in [0.1, 0.15) is 11.6 Å². The number of aryl methyl sites for hydroxylation is 1. The average molecular weight is 275 g/mol. The van der Waals surface area contributed by atoms with E-state index in [1.807, 2.05) is 19.1 Å². The van der Waals surface area contributed by atoms with Crippen molar-refractivity contribution in [2.75, 3.05) is 23.3 Å². The van der Waals surface area contributed by atoms with Gasteiger partial charge in [-0.2, -0.15) is 4.98 Å². The normalized spacial score (nSPS) is 10.6. The van der Waals surface area contributed by atoms with E-state index in [0.717, 1.165) is 43.5 Å². The second-order valence-electron chi connectivity index (χ2n) is 4.68. The Morgan fingerprint density at radius 2 is 1.95 bits per heavy atom. The zero-order valence-electron chi connectivity index (χ0n) is 12.3. The molecule has 2 rings (SSSR count). The van der Waals surface area contributed by atoms with Crippen molar-refractivity contribution < 1.29 is 4.52 Å². The van der Waals surface area contributed by atoms with Crippen LogP contribution in [0.2, 0.25) is 0 Å². The van der Waals surface area contributed by atoms with Gasteiger partial charge >= 0.3 is 0 Å². The molecule has 6 nitrogen and oxygen atoms in total. The molecule has 6 heteroatoms. The van der Waals surface area contributed by atoms with Crippen LogP contribution >= 0.6 is 0 Å². The van der Waals surface area contributed by atoms with E-state index in [9.17, 15) is 0 Å². The van der Waals surface area contributed by atoms with Crippen molar-refractivity contribution >= 4 is 17.6 Å². The van der Waals surface area contributed by atoms with Gasteiger partial charge in [-0.1, -0.05) is 19.0 Å². The van der Waals surface area contributed by atoms with Crippen LogP contribution in [0, 0.1) is 6.92 Å². The van der Waals surface area contributed by atoms with Crippen molar-refractivity contribution in [3.8, 4) is 0 Å². The second-order valence-corrected chi connectivity index (χ2v) is 4.68. The zero-order valence-corrected chi connectivity index (χ0v) is 12.3. The Morgan fingerprint density at radius 1 is 1.20 bits per heavy atom. The van der Waals surface area contributed by atoms with E-state index in [1.54, 1.807) is 6.20 Å². The SMILES string of the molecule is CCCN(CCC)c1nccc(Nc2cc(C)on2)n1. The highest BCUT2D eigenvalue weighted by atomic mass is 16.5. The summed E-state index contributed by atoms with van der Waals surface area (Å²) in [5.41, 5.74) is 0. The smallest absolute Gasteiger partial charge is 0.227 e. The van der Waals surface area contributed by atoms with Gasteiger partial charge in [0.15, 0.2) is 5.82 Å². The number of nitrogens with one attached hydrogen (secondary N) is 1. The van der Waals surface area contributed by atoms with E-state index in [4.69, 9.17) is 4.52 Å². The van der Waals surface area contributed by atoms with Crippen molar-refractivity contribution in [3.63, 3.8) is 0 Å². The number of nitrogens with zero attached hydrogens (tertiary/aromatic N) is 4. The molecule has 0 saturated carbocycles. The van der Waals surface area contributed by atoms with Gasteiger partial charge in [0.25, 0.3) is 0 Å². The van der Waals surface area contributed by atoms with Crippen molar-refractivity contribution in [2.24, 2.45) is 0 Å². The van der Waals surface area contributed by atoms with E-state index in [0.29, 0.717) is 5.82 Å². The molecule has 0 aromatic carbocycles. The molecule has 0 radical (unpaired) electrons. The van der Waals surface area contributed by atoms with E-state index in [2.05, 4.69) is 39.2 Å². The van der Waals surface area contributed by atoms with Crippen LogP contribution < -0.4 is 10.2 Å². The summed E-state index contributed by atoms with van der Waals surface area (Å²) in [7, 11) is 0. The molecule has 0 aliphatic carbocycles. The van der Waals surface area contributed by atoms with Crippen LogP contribution in [0.3, 0.4) is 0 Å². The third-order valence-electron chi connectivity index (χ3n) is 2.80. The van der Waals surface area contributed by atoms with Gasteiger partial charge in [0, 0.05) is 25.4 Å². The first-order valence-corrected chi connectivity index (χ1v) is 7.01. The summed E-state index contributed by atoms with van der Waals surface area (Å²) in [5, 5.41) is 7.02. The first-order valence-electron chi connectivity index (χ1n) is 7.01. The topological polar surface area (TPSA) is 67.1 Å². The number of hydrogen-bond donors (Lipinski definition) is 1. The molecular weight excluding hydrogens is 254 g/mol. The lowest BCUT2D eigenvalue weighted by atomic mass is 10.4. The van der Waals surface area contributed by atoms with E-state index >= 15 is 0 Å². The molecule has 0 unspecified atom stereocenters.